The minimum absolute atomic E-state index is 0.0888. The minimum atomic E-state index is -0.742. The molecule has 2 aliphatic heterocycles. The summed E-state index contributed by atoms with van der Waals surface area (Å²) in [5.41, 5.74) is 2.24. The summed E-state index contributed by atoms with van der Waals surface area (Å²) in [7, 11) is 1.76. The summed E-state index contributed by atoms with van der Waals surface area (Å²) >= 11 is 1.67. The monoisotopic (exact) mass is 447 g/mol. The molecule has 2 aliphatic rings. The van der Waals surface area contributed by atoms with Crippen molar-refractivity contribution >= 4 is 23.3 Å². The average molecular weight is 448 g/mol. The van der Waals surface area contributed by atoms with Gasteiger partial charge in [0.15, 0.2) is 0 Å². The number of benzene rings is 1. The van der Waals surface area contributed by atoms with E-state index in [0.717, 1.165) is 41.5 Å². The molecule has 0 N–H and O–H groups in total. The summed E-state index contributed by atoms with van der Waals surface area (Å²) in [4.78, 5) is 40.5. The zero-order chi connectivity index (χ0) is 22.1. The zero-order valence-electron chi connectivity index (χ0n) is 18.0. The SMILES string of the molecule is CN1C(=O)N(Cc2cccnc2)C(=O)C12CCN(Cc1nc(-c3ccccc3)cs1)CC2. The molecule has 32 heavy (non-hydrogen) atoms. The zero-order valence-corrected chi connectivity index (χ0v) is 18.8. The molecular weight excluding hydrogens is 422 g/mol. The van der Waals surface area contributed by atoms with Crippen molar-refractivity contribution in [1.82, 2.24) is 24.7 Å². The predicted molar refractivity (Wildman–Crippen MR) is 123 cm³/mol. The number of aromatic nitrogens is 2. The van der Waals surface area contributed by atoms with Gasteiger partial charge in [0.2, 0.25) is 0 Å². The molecule has 164 valence electrons. The van der Waals surface area contributed by atoms with E-state index in [1.165, 1.54) is 4.90 Å². The highest BCUT2D eigenvalue weighted by Crippen LogP contribution is 2.37. The number of urea groups is 1. The van der Waals surface area contributed by atoms with Crippen LogP contribution in [0.25, 0.3) is 11.3 Å². The molecule has 4 heterocycles. The number of hydrogen-bond acceptors (Lipinski definition) is 6. The number of imide groups is 1. The number of hydrogen-bond donors (Lipinski definition) is 0. The third kappa shape index (κ3) is 3.69. The second-order valence-corrected chi connectivity index (χ2v) is 9.34. The topological polar surface area (TPSA) is 69.6 Å². The van der Waals surface area contributed by atoms with Gasteiger partial charge in [-0.1, -0.05) is 36.4 Å². The van der Waals surface area contributed by atoms with E-state index in [9.17, 15) is 9.59 Å². The number of piperidine rings is 1. The number of pyridine rings is 1. The van der Waals surface area contributed by atoms with Crippen molar-refractivity contribution in [3.8, 4) is 11.3 Å². The lowest BCUT2D eigenvalue weighted by molar-refractivity contribution is -0.135. The molecule has 2 saturated heterocycles. The van der Waals surface area contributed by atoms with Crippen molar-refractivity contribution in [2.75, 3.05) is 20.1 Å². The molecule has 0 unspecified atom stereocenters. The van der Waals surface area contributed by atoms with Gasteiger partial charge in [0.1, 0.15) is 10.5 Å². The number of thiazole rings is 1. The molecular formula is C24H25N5O2S. The van der Waals surface area contributed by atoms with Crippen LogP contribution in [0.2, 0.25) is 0 Å². The molecule has 3 amide bonds. The Balaban J connectivity index is 1.24. The van der Waals surface area contributed by atoms with Crippen LogP contribution in [0.5, 0.6) is 0 Å². The highest BCUT2D eigenvalue weighted by Gasteiger charge is 2.56. The van der Waals surface area contributed by atoms with Crippen LogP contribution < -0.4 is 0 Å². The number of rotatable bonds is 5. The van der Waals surface area contributed by atoms with Crippen molar-refractivity contribution < 1.29 is 9.59 Å². The average Bonchev–Trinajstić information content (AvgIpc) is 3.37. The van der Waals surface area contributed by atoms with Gasteiger partial charge in [-0.3, -0.25) is 19.6 Å². The van der Waals surface area contributed by atoms with Crippen molar-refractivity contribution in [1.29, 1.82) is 0 Å². The van der Waals surface area contributed by atoms with Crippen LogP contribution in [0, 0.1) is 0 Å². The normalized spacial score (nSPS) is 18.7. The fraction of sp³-hybridized carbons (Fsp3) is 0.333. The van der Waals surface area contributed by atoms with Gasteiger partial charge in [0, 0.05) is 43.5 Å². The molecule has 1 aromatic carbocycles. The number of nitrogens with zero attached hydrogens (tertiary/aromatic N) is 5. The molecule has 0 aliphatic carbocycles. The van der Waals surface area contributed by atoms with Gasteiger partial charge in [-0.25, -0.2) is 9.78 Å². The van der Waals surface area contributed by atoms with Crippen molar-refractivity contribution in [2.24, 2.45) is 0 Å². The van der Waals surface area contributed by atoms with Crippen molar-refractivity contribution in [2.45, 2.75) is 31.5 Å². The number of carbonyl (C=O) groups is 2. The first-order valence-corrected chi connectivity index (χ1v) is 11.7. The van der Waals surface area contributed by atoms with Crippen LogP contribution in [0.4, 0.5) is 4.79 Å². The number of carbonyl (C=O) groups excluding carboxylic acids is 2. The van der Waals surface area contributed by atoms with Crippen LogP contribution in [-0.4, -0.2) is 62.3 Å². The Morgan fingerprint density at radius 1 is 1.03 bits per heavy atom. The summed E-state index contributed by atoms with van der Waals surface area (Å²) < 4.78 is 0. The van der Waals surface area contributed by atoms with Crippen LogP contribution in [-0.2, 0) is 17.9 Å². The highest BCUT2D eigenvalue weighted by molar-refractivity contribution is 7.09. The maximum atomic E-state index is 13.3. The Hall–Kier alpha value is -3.10. The number of likely N-dealkylation sites (N-methyl/N-ethyl adjacent to an activating group) is 1. The van der Waals surface area contributed by atoms with Gasteiger partial charge in [0.25, 0.3) is 5.91 Å². The first kappa shape index (κ1) is 20.8. The van der Waals surface area contributed by atoms with E-state index in [4.69, 9.17) is 4.98 Å². The Labute approximate surface area is 191 Å². The first-order chi connectivity index (χ1) is 15.6. The molecule has 7 nitrogen and oxygen atoms in total. The molecule has 5 rings (SSSR count). The maximum Gasteiger partial charge on any atom is 0.327 e. The van der Waals surface area contributed by atoms with Gasteiger partial charge < -0.3 is 4.90 Å². The van der Waals surface area contributed by atoms with Gasteiger partial charge in [-0.05, 0) is 24.5 Å². The minimum Gasteiger partial charge on any atom is -0.312 e. The second-order valence-electron chi connectivity index (χ2n) is 8.39. The predicted octanol–water partition coefficient (Wildman–Crippen LogP) is 3.63. The van der Waals surface area contributed by atoms with E-state index < -0.39 is 5.54 Å². The summed E-state index contributed by atoms with van der Waals surface area (Å²) in [6.07, 6.45) is 4.65. The van der Waals surface area contributed by atoms with E-state index in [0.29, 0.717) is 12.8 Å². The summed E-state index contributed by atoms with van der Waals surface area (Å²) in [5.74, 6) is -0.0888. The van der Waals surface area contributed by atoms with Crippen LogP contribution >= 0.6 is 11.3 Å². The van der Waals surface area contributed by atoms with Crippen molar-refractivity contribution in [3.05, 3.63) is 70.8 Å². The third-order valence-electron chi connectivity index (χ3n) is 6.53. The molecule has 0 radical (unpaired) electrons. The number of likely N-dealkylation sites (tertiary alicyclic amines) is 1. The third-order valence-corrected chi connectivity index (χ3v) is 7.36. The standard InChI is InChI=1S/C24H25N5O2S/c1-27-23(31)29(15-18-6-5-11-25-14-18)22(30)24(27)9-12-28(13-10-24)16-21-26-20(17-32-21)19-7-3-2-4-8-19/h2-8,11,14,17H,9-10,12-13,15-16H2,1H3. The lowest BCUT2D eigenvalue weighted by atomic mass is 9.86. The van der Waals surface area contributed by atoms with Gasteiger partial charge in [-0.15, -0.1) is 11.3 Å². The Bertz CT molecular complexity index is 1110. The van der Waals surface area contributed by atoms with E-state index in [1.54, 1.807) is 35.7 Å². The molecule has 0 atom stereocenters. The molecule has 0 saturated carbocycles. The Morgan fingerprint density at radius 3 is 2.53 bits per heavy atom. The smallest absolute Gasteiger partial charge is 0.312 e. The highest BCUT2D eigenvalue weighted by atomic mass is 32.1. The van der Waals surface area contributed by atoms with E-state index in [1.807, 2.05) is 30.3 Å². The molecule has 2 aromatic heterocycles. The molecule has 2 fully saturated rings. The van der Waals surface area contributed by atoms with Crippen LogP contribution in [0.15, 0.2) is 60.2 Å². The molecule has 1 spiro atoms. The number of amides is 3. The fourth-order valence-electron chi connectivity index (χ4n) is 4.61. The van der Waals surface area contributed by atoms with Gasteiger partial charge in [-0.2, -0.15) is 0 Å². The quantitative estimate of drug-likeness (QED) is 0.559. The Morgan fingerprint density at radius 2 is 1.81 bits per heavy atom. The molecule has 3 aromatic rings. The fourth-order valence-corrected chi connectivity index (χ4v) is 5.45. The van der Waals surface area contributed by atoms with E-state index in [-0.39, 0.29) is 18.5 Å². The summed E-state index contributed by atoms with van der Waals surface area (Å²) in [5, 5.41) is 3.17. The van der Waals surface area contributed by atoms with Gasteiger partial charge in [0.05, 0.1) is 18.8 Å². The van der Waals surface area contributed by atoms with Crippen LogP contribution in [0.1, 0.15) is 23.4 Å². The van der Waals surface area contributed by atoms with Crippen LogP contribution in [0.3, 0.4) is 0 Å². The van der Waals surface area contributed by atoms with E-state index >= 15 is 0 Å². The summed E-state index contributed by atoms with van der Waals surface area (Å²) in [6, 6.07) is 13.7. The van der Waals surface area contributed by atoms with Crippen molar-refractivity contribution in [3.63, 3.8) is 0 Å². The Kier molecular flexibility index (Phi) is 5.48. The summed E-state index contributed by atoms with van der Waals surface area (Å²) in [6.45, 7) is 2.54. The largest absolute Gasteiger partial charge is 0.327 e. The second kappa shape index (κ2) is 8.44. The molecule has 8 heteroatoms. The lowest BCUT2D eigenvalue weighted by Crippen LogP contribution is -2.55. The lowest BCUT2D eigenvalue weighted by Gasteiger charge is -2.40. The molecule has 0 bridgehead atoms. The first-order valence-electron chi connectivity index (χ1n) is 10.8. The maximum absolute atomic E-state index is 13.3. The van der Waals surface area contributed by atoms with Gasteiger partial charge >= 0.3 is 6.03 Å². The van der Waals surface area contributed by atoms with E-state index in [2.05, 4.69) is 27.4 Å².